The summed E-state index contributed by atoms with van der Waals surface area (Å²) in [6.45, 7) is 0.435. The molecule has 0 fully saturated rings. The van der Waals surface area contributed by atoms with Crippen molar-refractivity contribution < 1.29 is 27.4 Å². The highest BCUT2D eigenvalue weighted by molar-refractivity contribution is 7.10. The standard InChI is InChI=1S/C23H20F3NO3S/c1-29-18-12-15-9-10-27(22(28)14-5-7-16(8-6-14)23(24,25)26)21(20-4-3-11-31-20)17(15)13-19(18)30-2/h3-8,11-13,21H,9-10H2,1-2H3. The number of amides is 1. The van der Waals surface area contributed by atoms with Gasteiger partial charge in [-0.15, -0.1) is 11.3 Å². The number of carbonyl (C=O) groups is 1. The summed E-state index contributed by atoms with van der Waals surface area (Å²) in [5, 5.41) is 1.94. The van der Waals surface area contributed by atoms with E-state index in [1.165, 1.54) is 23.5 Å². The number of hydrogen-bond donors (Lipinski definition) is 0. The number of ether oxygens (including phenoxy) is 2. The van der Waals surface area contributed by atoms with Gasteiger partial charge in [0.25, 0.3) is 5.91 Å². The molecule has 31 heavy (non-hydrogen) atoms. The van der Waals surface area contributed by atoms with Crippen molar-refractivity contribution in [2.45, 2.75) is 18.6 Å². The third-order valence-electron chi connectivity index (χ3n) is 5.41. The van der Waals surface area contributed by atoms with Crippen LogP contribution in [0.2, 0.25) is 0 Å². The number of methoxy groups -OCH3 is 2. The van der Waals surface area contributed by atoms with Crippen LogP contribution in [0.5, 0.6) is 11.5 Å². The van der Waals surface area contributed by atoms with Crippen LogP contribution in [-0.2, 0) is 12.6 Å². The molecule has 1 aromatic heterocycles. The number of rotatable bonds is 4. The predicted molar refractivity (Wildman–Crippen MR) is 112 cm³/mol. The molecule has 2 aromatic carbocycles. The molecule has 3 aromatic rings. The minimum absolute atomic E-state index is 0.221. The summed E-state index contributed by atoms with van der Waals surface area (Å²) in [4.78, 5) is 16.0. The predicted octanol–water partition coefficient (Wildman–Crippen LogP) is 5.57. The lowest BCUT2D eigenvalue weighted by Gasteiger charge is -2.37. The Morgan fingerprint density at radius 1 is 1.06 bits per heavy atom. The summed E-state index contributed by atoms with van der Waals surface area (Å²) in [6.07, 6.45) is -3.84. The van der Waals surface area contributed by atoms with Gasteiger partial charge in [0.1, 0.15) is 0 Å². The average Bonchev–Trinajstić information content (AvgIpc) is 3.30. The third kappa shape index (κ3) is 3.99. The molecule has 0 N–H and O–H groups in total. The largest absolute Gasteiger partial charge is 0.493 e. The van der Waals surface area contributed by atoms with Gasteiger partial charge >= 0.3 is 6.18 Å². The van der Waals surface area contributed by atoms with Crippen molar-refractivity contribution >= 4 is 17.2 Å². The zero-order valence-electron chi connectivity index (χ0n) is 16.9. The summed E-state index contributed by atoms with van der Waals surface area (Å²) >= 11 is 1.52. The maximum absolute atomic E-state index is 13.3. The van der Waals surface area contributed by atoms with Crippen LogP contribution in [0.25, 0.3) is 0 Å². The normalized spacial score (nSPS) is 16.0. The maximum Gasteiger partial charge on any atom is 0.416 e. The number of thiophene rings is 1. The lowest BCUT2D eigenvalue weighted by Crippen LogP contribution is -2.40. The van der Waals surface area contributed by atoms with Crippen LogP contribution >= 0.6 is 11.3 Å². The van der Waals surface area contributed by atoms with Crippen molar-refractivity contribution in [1.82, 2.24) is 4.90 Å². The Morgan fingerprint density at radius 2 is 1.74 bits per heavy atom. The van der Waals surface area contributed by atoms with Crippen LogP contribution in [0.1, 0.15) is 38.0 Å². The summed E-state index contributed by atoms with van der Waals surface area (Å²) in [7, 11) is 3.13. The van der Waals surface area contributed by atoms with Crippen LogP contribution in [0.15, 0.2) is 53.9 Å². The molecule has 162 valence electrons. The molecule has 0 aliphatic carbocycles. The van der Waals surface area contributed by atoms with Gasteiger partial charge in [0.2, 0.25) is 0 Å². The van der Waals surface area contributed by atoms with Gasteiger partial charge in [0.15, 0.2) is 11.5 Å². The number of benzene rings is 2. The smallest absolute Gasteiger partial charge is 0.416 e. The van der Waals surface area contributed by atoms with E-state index in [1.807, 2.05) is 29.6 Å². The van der Waals surface area contributed by atoms with Gasteiger partial charge in [-0.1, -0.05) is 6.07 Å². The fourth-order valence-electron chi connectivity index (χ4n) is 3.89. The Hall–Kier alpha value is -3.00. The van der Waals surface area contributed by atoms with Gasteiger partial charge in [0, 0.05) is 17.0 Å². The highest BCUT2D eigenvalue weighted by atomic mass is 32.1. The van der Waals surface area contributed by atoms with Crippen molar-refractivity contribution in [2.75, 3.05) is 20.8 Å². The SMILES string of the molecule is COc1cc2c(cc1OC)C(c1cccs1)N(C(=O)c1ccc(C(F)(F)F)cc1)CC2. The number of hydrogen-bond acceptors (Lipinski definition) is 4. The molecule has 1 aliphatic heterocycles. The average molecular weight is 447 g/mol. The fourth-order valence-corrected chi connectivity index (χ4v) is 4.74. The minimum Gasteiger partial charge on any atom is -0.493 e. The zero-order valence-corrected chi connectivity index (χ0v) is 17.7. The lowest BCUT2D eigenvalue weighted by atomic mass is 9.90. The van der Waals surface area contributed by atoms with E-state index in [1.54, 1.807) is 19.1 Å². The van der Waals surface area contributed by atoms with E-state index < -0.39 is 11.7 Å². The Morgan fingerprint density at radius 3 is 2.32 bits per heavy atom. The lowest BCUT2D eigenvalue weighted by molar-refractivity contribution is -0.137. The molecule has 0 saturated carbocycles. The van der Waals surface area contributed by atoms with Crippen LogP contribution in [-0.4, -0.2) is 31.6 Å². The summed E-state index contributed by atoms with van der Waals surface area (Å²) in [6, 6.07) is 11.7. The molecular formula is C23H20F3NO3S. The van der Waals surface area contributed by atoms with E-state index in [-0.39, 0.29) is 17.5 Å². The number of nitrogens with zero attached hydrogens (tertiary/aromatic N) is 1. The van der Waals surface area contributed by atoms with Crippen LogP contribution in [0.4, 0.5) is 13.2 Å². The minimum atomic E-state index is -4.44. The summed E-state index contributed by atoms with van der Waals surface area (Å²) < 4.78 is 49.6. The Balaban J connectivity index is 1.75. The summed E-state index contributed by atoms with van der Waals surface area (Å²) in [5.74, 6) is 0.868. The number of carbonyl (C=O) groups excluding carboxylic acids is 1. The molecule has 1 aliphatic rings. The highest BCUT2D eigenvalue weighted by Crippen LogP contribution is 2.42. The molecule has 0 spiro atoms. The first-order valence-corrected chi connectivity index (χ1v) is 10.5. The molecule has 4 nitrogen and oxygen atoms in total. The van der Waals surface area contributed by atoms with E-state index in [2.05, 4.69) is 0 Å². The quantitative estimate of drug-likeness (QED) is 0.525. The van der Waals surface area contributed by atoms with E-state index >= 15 is 0 Å². The van der Waals surface area contributed by atoms with E-state index in [0.29, 0.717) is 24.5 Å². The second-order valence-electron chi connectivity index (χ2n) is 7.15. The second kappa shape index (κ2) is 8.26. The first kappa shape index (κ1) is 21.2. The zero-order chi connectivity index (χ0) is 22.2. The van der Waals surface area contributed by atoms with Gasteiger partial charge in [-0.05, 0) is 65.4 Å². The summed E-state index contributed by atoms with van der Waals surface area (Å²) in [5.41, 5.74) is 1.41. The Labute approximate surface area is 181 Å². The molecule has 2 heterocycles. The topological polar surface area (TPSA) is 38.8 Å². The van der Waals surface area contributed by atoms with E-state index in [9.17, 15) is 18.0 Å². The first-order valence-electron chi connectivity index (χ1n) is 9.60. The monoisotopic (exact) mass is 447 g/mol. The van der Waals surface area contributed by atoms with Crippen molar-refractivity contribution in [3.8, 4) is 11.5 Å². The molecular weight excluding hydrogens is 427 g/mol. The molecule has 1 amide bonds. The van der Waals surface area contributed by atoms with Gasteiger partial charge in [-0.3, -0.25) is 4.79 Å². The second-order valence-corrected chi connectivity index (χ2v) is 8.13. The Bertz CT molecular complexity index is 1080. The number of alkyl halides is 3. The van der Waals surface area contributed by atoms with Gasteiger partial charge in [0.05, 0.1) is 25.8 Å². The molecule has 0 radical (unpaired) electrons. The molecule has 4 rings (SSSR count). The molecule has 0 bridgehead atoms. The van der Waals surface area contributed by atoms with Crippen LogP contribution in [0, 0.1) is 0 Å². The molecule has 0 saturated heterocycles. The fraction of sp³-hybridized carbons (Fsp3) is 0.261. The van der Waals surface area contributed by atoms with Crippen molar-refractivity contribution in [3.63, 3.8) is 0 Å². The highest BCUT2D eigenvalue weighted by Gasteiger charge is 2.35. The third-order valence-corrected chi connectivity index (χ3v) is 6.33. The molecule has 1 unspecified atom stereocenters. The number of halogens is 3. The molecule has 8 heteroatoms. The number of fused-ring (bicyclic) bond motifs is 1. The maximum atomic E-state index is 13.3. The Kier molecular flexibility index (Phi) is 5.66. The first-order chi connectivity index (χ1) is 14.8. The van der Waals surface area contributed by atoms with Crippen molar-refractivity contribution in [3.05, 3.63) is 81.0 Å². The van der Waals surface area contributed by atoms with Crippen molar-refractivity contribution in [1.29, 1.82) is 0 Å². The van der Waals surface area contributed by atoms with Crippen molar-refractivity contribution in [2.24, 2.45) is 0 Å². The van der Waals surface area contributed by atoms with E-state index in [0.717, 1.165) is 28.1 Å². The van der Waals surface area contributed by atoms with Gasteiger partial charge in [-0.2, -0.15) is 13.2 Å². The van der Waals surface area contributed by atoms with E-state index in [4.69, 9.17) is 9.47 Å². The van der Waals surface area contributed by atoms with Crippen LogP contribution < -0.4 is 9.47 Å². The molecule has 1 atom stereocenters. The van der Waals surface area contributed by atoms with Gasteiger partial charge < -0.3 is 14.4 Å². The van der Waals surface area contributed by atoms with Gasteiger partial charge in [-0.25, -0.2) is 0 Å². The van der Waals surface area contributed by atoms with Crippen LogP contribution in [0.3, 0.4) is 0 Å².